The van der Waals surface area contributed by atoms with E-state index < -0.39 is 11.7 Å². The number of halogens is 1. The van der Waals surface area contributed by atoms with Crippen LogP contribution in [0.25, 0.3) is 0 Å². The topological polar surface area (TPSA) is 91.0 Å². The number of rotatable bonds is 7. The number of hydrogen-bond acceptors (Lipinski definition) is 5. The summed E-state index contributed by atoms with van der Waals surface area (Å²) < 4.78 is 5.16. The molecule has 1 heterocycles. The highest BCUT2D eigenvalue weighted by Crippen LogP contribution is 2.20. The van der Waals surface area contributed by atoms with Crippen molar-refractivity contribution in [2.75, 3.05) is 44.6 Å². The van der Waals surface area contributed by atoms with Crippen LogP contribution in [0.15, 0.2) is 24.3 Å². The Morgan fingerprint density at radius 1 is 1.10 bits per heavy atom. The highest BCUT2D eigenvalue weighted by Gasteiger charge is 2.22. The van der Waals surface area contributed by atoms with Crippen molar-refractivity contribution in [2.24, 2.45) is 0 Å². The Morgan fingerprint density at radius 2 is 1.77 bits per heavy atom. The summed E-state index contributed by atoms with van der Waals surface area (Å²) in [7, 11) is 0. The summed E-state index contributed by atoms with van der Waals surface area (Å²) in [5, 5.41) is 5.97. The van der Waals surface area contributed by atoms with Crippen LogP contribution >= 0.6 is 11.6 Å². The number of hydrogen-bond donors (Lipinski definition) is 2. The van der Waals surface area contributed by atoms with Gasteiger partial charge in [-0.15, -0.1) is 0 Å². The maximum absolute atomic E-state index is 12.3. The Kier molecular flexibility index (Phi) is 8.92. The molecule has 0 aliphatic carbocycles. The molecule has 0 radical (unpaired) electrons. The van der Waals surface area contributed by atoms with Gasteiger partial charge in [0.2, 0.25) is 11.8 Å². The predicted molar refractivity (Wildman–Crippen MR) is 117 cm³/mol. The van der Waals surface area contributed by atoms with Gasteiger partial charge < -0.3 is 20.3 Å². The second-order valence-corrected chi connectivity index (χ2v) is 8.62. The van der Waals surface area contributed by atoms with E-state index in [4.69, 9.17) is 16.3 Å². The van der Waals surface area contributed by atoms with Crippen LogP contribution in [0.2, 0.25) is 5.02 Å². The number of alkyl carbamates (subject to hydrolysis) is 1. The smallest absolute Gasteiger partial charge is 0.407 e. The van der Waals surface area contributed by atoms with Crippen LogP contribution in [0.4, 0.5) is 10.5 Å². The first-order valence-corrected chi connectivity index (χ1v) is 10.5. The highest BCUT2D eigenvalue weighted by atomic mass is 35.5. The second-order valence-electron chi connectivity index (χ2n) is 8.22. The molecule has 3 amide bonds. The molecule has 1 fully saturated rings. The fourth-order valence-corrected chi connectivity index (χ4v) is 3.20. The van der Waals surface area contributed by atoms with Gasteiger partial charge >= 0.3 is 6.09 Å². The Bertz CT molecular complexity index is 743. The molecule has 1 saturated heterocycles. The first-order valence-electron chi connectivity index (χ1n) is 10.2. The van der Waals surface area contributed by atoms with Gasteiger partial charge in [-0.2, -0.15) is 0 Å². The third kappa shape index (κ3) is 8.59. The van der Waals surface area contributed by atoms with Gasteiger partial charge in [0.15, 0.2) is 0 Å². The highest BCUT2D eigenvalue weighted by molar-refractivity contribution is 6.33. The maximum atomic E-state index is 12.3. The van der Waals surface area contributed by atoms with Crippen LogP contribution in [0.1, 0.15) is 33.6 Å². The van der Waals surface area contributed by atoms with E-state index in [1.165, 1.54) is 0 Å². The first kappa shape index (κ1) is 24.0. The first-order chi connectivity index (χ1) is 14.1. The maximum Gasteiger partial charge on any atom is 0.407 e. The van der Waals surface area contributed by atoms with Crippen LogP contribution in [0, 0.1) is 0 Å². The van der Waals surface area contributed by atoms with E-state index in [1.807, 2.05) is 17.0 Å². The molecule has 1 aliphatic heterocycles. The van der Waals surface area contributed by atoms with Gasteiger partial charge in [-0.05, 0) is 39.3 Å². The summed E-state index contributed by atoms with van der Waals surface area (Å²) in [6.45, 7) is 8.49. The molecule has 2 N–H and O–H groups in total. The van der Waals surface area contributed by atoms with E-state index in [9.17, 15) is 14.4 Å². The van der Waals surface area contributed by atoms with E-state index in [2.05, 4.69) is 10.6 Å². The van der Waals surface area contributed by atoms with Crippen LogP contribution < -0.4 is 10.6 Å². The van der Waals surface area contributed by atoms with Gasteiger partial charge in [-0.1, -0.05) is 23.7 Å². The molecule has 9 heteroatoms. The van der Waals surface area contributed by atoms with Crippen molar-refractivity contribution in [1.29, 1.82) is 0 Å². The van der Waals surface area contributed by atoms with Gasteiger partial charge in [0.1, 0.15) is 5.60 Å². The fraction of sp³-hybridized carbons (Fsp3) is 0.571. The normalized spacial score (nSPS) is 14.9. The lowest BCUT2D eigenvalue weighted by Crippen LogP contribution is -2.50. The lowest BCUT2D eigenvalue weighted by molar-refractivity contribution is -0.133. The summed E-state index contributed by atoms with van der Waals surface area (Å²) in [5.41, 5.74) is 0.0575. The zero-order chi connectivity index (χ0) is 22.1. The number of amides is 3. The molecule has 0 atom stereocenters. The van der Waals surface area contributed by atoms with Crippen molar-refractivity contribution in [3.8, 4) is 0 Å². The third-order valence-electron chi connectivity index (χ3n) is 4.48. The number of benzene rings is 1. The largest absolute Gasteiger partial charge is 0.444 e. The van der Waals surface area contributed by atoms with Crippen molar-refractivity contribution in [1.82, 2.24) is 15.1 Å². The zero-order valence-electron chi connectivity index (χ0n) is 17.9. The monoisotopic (exact) mass is 438 g/mol. The molecule has 0 aromatic heterocycles. The molecule has 1 aromatic carbocycles. The zero-order valence-corrected chi connectivity index (χ0v) is 18.6. The number of ether oxygens (including phenoxy) is 1. The Hall–Kier alpha value is -2.32. The van der Waals surface area contributed by atoms with Crippen LogP contribution in [-0.2, 0) is 14.3 Å². The van der Waals surface area contributed by atoms with Crippen LogP contribution in [0.5, 0.6) is 0 Å². The molecule has 0 unspecified atom stereocenters. The van der Waals surface area contributed by atoms with E-state index in [-0.39, 0.29) is 18.4 Å². The summed E-state index contributed by atoms with van der Waals surface area (Å²) >= 11 is 6.06. The van der Waals surface area contributed by atoms with Crippen molar-refractivity contribution in [3.63, 3.8) is 0 Å². The molecule has 8 nitrogen and oxygen atoms in total. The number of carbonyl (C=O) groups is 3. The average Bonchev–Trinajstić information content (AvgIpc) is 2.66. The predicted octanol–water partition coefficient (Wildman–Crippen LogP) is 2.73. The SMILES string of the molecule is CC(C)(C)OC(=O)NCCCC(=O)N1CCN(CC(=O)Nc2ccccc2Cl)CC1. The molecular weight excluding hydrogens is 408 g/mol. The summed E-state index contributed by atoms with van der Waals surface area (Å²) in [5.74, 6) is -0.0720. The number of anilines is 1. The van der Waals surface area contributed by atoms with Gasteiger partial charge in [-0.25, -0.2) is 4.79 Å². The summed E-state index contributed by atoms with van der Waals surface area (Å²) in [6, 6.07) is 7.11. The van der Waals surface area contributed by atoms with Crippen molar-refractivity contribution in [2.45, 2.75) is 39.2 Å². The molecule has 0 saturated carbocycles. The minimum Gasteiger partial charge on any atom is -0.444 e. The fourth-order valence-electron chi connectivity index (χ4n) is 3.01. The number of nitrogens with zero attached hydrogens (tertiary/aromatic N) is 2. The molecule has 30 heavy (non-hydrogen) atoms. The van der Waals surface area contributed by atoms with E-state index in [1.54, 1.807) is 37.8 Å². The quantitative estimate of drug-likeness (QED) is 0.639. The van der Waals surface area contributed by atoms with Crippen molar-refractivity contribution < 1.29 is 19.1 Å². The van der Waals surface area contributed by atoms with Crippen LogP contribution in [0.3, 0.4) is 0 Å². The lowest BCUT2D eigenvalue weighted by atomic mass is 10.2. The molecule has 1 aromatic rings. The average molecular weight is 439 g/mol. The van der Waals surface area contributed by atoms with E-state index in [0.717, 1.165) is 0 Å². The van der Waals surface area contributed by atoms with Crippen molar-refractivity contribution in [3.05, 3.63) is 29.3 Å². The molecular formula is C21H31ClN4O4. The number of para-hydroxylation sites is 1. The number of carbonyl (C=O) groups excluding carboxylic acids is 3. The molecule has 0 spiro atoms. The number of nitrogens with one attached hydrogen (secondary N) is 2. The molecule has 1 aliphatic rings. The molecule has 166 valence electrons. The Balaban J connectivity index is 1.62. The lowest BCUT2D eigenvalue weighted by Gasteiger charge is -2.34. The summed E-state index contributed by atoms with van der Waals surface area (Å²) in [6.07, 6.45) is 0.444. The Morgan fingerprint density at radius 3 is 2.40 bits per heavy atom. The molecule has 2 rings (SSSR count). The van der Waals surface area contributed by atoms with E-state index >= 15 is 0 Å². The Labute approximate surface area is 182 Å². The standard InChI is InChI=1S/C21H31ClN4O4/c1-21(2,3)30-20(29)23-10-6-9-19(28)26-13-11-25(12-14-26)15-18(27)24-17-8-5-4-7-16(17)22/h4-5,7-8H,6,9-15H2,1-3H3,(H,23,29)(H,24,27). The second kappa shape index (κ2) is 11.2. The van der Waals surface area contributed by atoms with Gasteiger partial charge in [-0.3, -0.25) is 14.5 Å². The van der Waals surface area contributed by atoms with E-state index in [0.29, 0.717) is 56.3 Å². The van der Waals surface area contributed by atoms with Gasteiger partial charge in [0.25, 0.3) is 0 Å². The third-order valence-corrected chi connectivity index (χ3v) is 4.81. The summed E-state index contributed by atoms with van der Waals surface area (Å²) in [4.78, 5) is 40.0. The minimum atomic E-state index is -0.538. The van der Waals surface area contributed by atoms with Crippen LogP contribution in [-0.4, -0.2) is 72.6 Å². The van der Waals surface area contributed by atoms with Crippen molar-refractivity contribution >= 4 is 35.2 Å². The minimum absolute atomic E-state index is 0.0566. The van der Waals surface area contributed by atoms with Gasteiger partial charge in [0.05, 0.1) is 17.3 Å². The van der Waals surface area contributed by atoms with Gasteiger partial charge in [0, 0.05) is 39.1 Å². The molecule has 0 bridgehead atoms. The number of piperazine rings is 1.